The summed E-state index contributed by atoms with van der Waals surface area (Å²) in [6, 6.07) is 7.22. The van der Waals surface area contributed by atoms with Gasteiger partial charge in [-0.05, 0) is 30.7 Å². The zero-order valence-electron chi connectivity index (χ0n) is 13.3. The second kappa shape index (κ2) is 8.73. The van der Waals surface area contributed by atoms with Crippen LogP contribution in [0.1, 0.15) is 31.8 Å². The molecule has 1 aromatic heterocycles. The van der Waals surface area contributed by atoms with Crippen LogP contribution in [0.2, 0.25) is 5.02 Å². The number of ketones is 1. The van der Waals surface area contributed by atoms with Crippen LogP contribution in [-0.4, -0.2) is 30.8 Å². The van der Waals surface area contributed by atoms with E-state index in [4.69, 9.17) is 16.3 Å². The van der Waals surface area contributed by atoms with Gasteiger partial charge in [0.1, 0.15) is 11.4 Å². The van der Waals surface area contributed by atoms with E-state index in [2.05, 4.69) is 5.32 Å². The summed E-state index contributed by atoms with van der Waals surface area (Å²) in [6.45, 7) is 1.40. The number of Topliss-reactive ketones (excluding diaryl/α,β-unsaturated/α-hetero) is 1. The SMILES string of the molecule is CC(=O)NCCc1ccc(C(=O)COC(=O)c2c(F)cccc2Cl)s1. The molecule has 1 amide bonds. The average molecular weight is 384 g/mol. The van der Waals surface area contributed by atoms with Crippen LogP contribution in [-0.2, 0) is 16.0 Å². The molecule has 1 N–H and O–H groups in total. The third-order valence-electron chi connectivity index (χ3n) is 3.18. The number of thiophene rings is 1. The van der Waals surface area contributed by atoms with Gasteiger partial charge in [0.05, 0.1) is 9.90 Å². The molecule has 132 valence electrons. The Kier molecular flexibility index (Phi) is 6.66. The highest BCUT2D eigenvalue weighted by Crippen LogP contribution is 2.21. The summed E-state index contributed by atoms with van der Waals surface area (Å²) in [7, 11) is 0. The van der Waals surface area contributed by atoms with Gasteiger partial charge in [-0.1, -0.05) is 17.7 Å². The van der Waals surface area contributed by atoms with Gasteiger partial charge in [0, 0.05) is 18.3 Å². The number of hydrogen-bond donors (Lipinski definition) is 1. The van der Waals surface area contributed by atoms with Crippen molar-refractivity contribution in [1.82, 2.24) is 5.32 Å². The molecule has 8 heteroatoms. The first-order valence-corrected chi connectivity index (χ1v) is 8.55. The van der Waals surface area contributed by atoms with E-state index in [-0.39, 0.29) is 16.5 Å². The Morgan fingerprint density at radius 3 is 2.68 bits per heavy atom. The highest BCUT2D eigenvalue weighted by Gasteiger charge is 2.19. The maximum Gasteiger partial charge on any atom is 0.343 e. The van der Waals surface area contributed by atoms with E-state index in [1.165, 1.54) is 30.4 Å². The molecular formula is C17H15ClFNO4S. The summed E-state index contributed by atoms with van der Waals surface area (Å²) in [5.74, 6) is -2.30. The molecule has 0 aliphatic carbocycles. The average Bonchev–Trinajstić information content (AvgIpc) is 3.01. The summed E-state index contributed by atoms with van der Waals surface area (Å²) >= 11 is 7.03. The number of carbonyl (C=O) groups is 3. The lowest BCUT2D eigenvalue weighted by atomic mass is 10.2. The molecule has 0 atom stereocenters. The van der Waals surface area contributed by atoms with Gasteiger partial charge < -0.3 is 10.1 Å². The van der Waals surface area contributed by atoms with Crippen molar-refractivity contribution in [1.29, 1.82) is 0 Å². The van der Waals surface area contributed by atoms with Gasteiger partial charge in [-0.2, -0.15) is 0 Å². The molecule has 1 heterocycles. The minimum absolute atomic E-state index is 0.0752. The van der Waals surface area contributed by atoms with E-state index in [0.29, 0.717) is 17.8 Å². The molecule has 0 aliphatic heterocycles. The summed E-state index contributed by atoms with van der Waals surface area (Å²) in [5.41, 5.74) is -0.390. The first kappa shape index (κ1) is 19.1. The fourth-order valence-electron chi connectivity index (χ4n) is 1.99. The fraction of sp³-hybridized carbons (Fsp3) is 0.235. The lowest BCUT2D eigenvalue weighted by Gasteiger charge is -2.06. The van der Waals surface area contributed by atoms with Crippen LogP contribution in [0.4, 0.5) is 4.39 Å². The highest BCUT2D eigenvalue weighted by atomic mass is 35.5. The van der Waals surface area contributed by atoms with Crippen molar-refractivity contribution >= 4 is 40.6 Å². The maximum absolute atomic E-state index is 13.6. The maximum atomic E-state index is 13.6. The molecular weight excluding hydrogens is 369 g/mol. The molecule has 2 aromatic rings. The minimum Gasteiger partial charge on any atom is -0.454 e. The van der Waals surface area contributed by atoms with E-state index in [1.807, 2.05) is 0 Å². The third-order valence-corrected chi connectivity index (χ3v) is 4.68. The number of carbonyl (C=O) groups excluding carboxylic acids is 3. The molecule has 0 aliphatic rings. The molecule has 0 saturated carbocycles. The summed E-state index contributed by atoms with van der Waals surface area (Å²) in [4.78, 5) is 36.1. The predicted octanol–water partition coefficient (Wildman–Crippen LogP) is 3.26. The van der Waals surface area contributed by atoms with Crippen molar-refractivity contribution in [2.24, 2.45) is 0 Å². The molecule has 5 nitrogen and oxygen atoms in total. The molecule has 0 radical (unpaired) electrons. The van der Waals surface area contributed by atoms with Crippen molar-refractivity contribution in [3.8, 4) is 0 Å². The summed E-state index contributed by atoms with van der Waals surface area (Å²) in [6.07, 6.45) is 0.599. The second-order valence-electron chi connectivity index (χ2n) is 5.09. The molecule has 0 fully saturated rings. The predicted molar refractivity (Wildman–Crippen MR) is 92.7 cm³/mol. The Balaban J connectivity index is 1.91. The van der Waals surface area contributed by atoms with Crippen LogP contribution in [0.25, 0.3) is 0 Å². The van der Waals surface area contributed by atoms with Gasteiger partial charge in [0.15, 0.2) is 6.61 Å². The Bertz CT molecular complexity index is 785. The van der Waals surface area contributed by atoms with Gasteiger partial charge in [-0.25, -0.2) is 9.18 Å². The molecule has 2 rings (SSSR count). The van der Waals surface area contributed by atoms with E-state index in [9.17, 15) is 18.8 Å². The lowest BCUT2D eigenvalue weighted by molar-refractivity contribution is -0.118. The number of halogens is 2. The first-order valence-electron chi connectivity index (χ1n) is 7.36. The number of amides is 1. The topological polar surface area (TPSA) is 72.5 Å². The quantitative estimate of drug-likeness (QED) is 0.588. The van der Waals surface area contributed by atoms with Crippen molar-refractivity contribution in [3.63, 3.8) is 0 Å². The number of nitrogens with one attached hydrogen (secondary N) is 1. The van der Waals surface area contributed by atoms with Crippen LogP contribution in [0.3, 0.4) is 0 Å². The Labute approximate surface area is 152 Å². The summed E-state index contributed by atoms with van der Waals surface area (Å²) in [5, 5.41) is 2.59. The lowest BCUT2D eigenvalue weighted by Crippen LogP contribution is -2.22. The first-order chi connectivity index (χ1) is 11.9. The van der Waals surface area contributed by atoms with E-state index in [0.717, 1.165) is 10.9 Å². The highest BCUT2D eigenvalue weighted by molar-refractivity contribution is 7.14. The van der Waals surface area contributed by atoms with E-state index in [1.54, 1.807) is 12.1 Å². The summed E-state index contributed by atoms with van der Waals surface area (Å²) < 4.78 is 18.5. The number of rotatable bonds is 7. The molecule has 0 saturated heterocycles. The normalized spacial score (nSPS) is 10.4. The number of esters is 1. The van der Waals surface area contributed by atoms with Gasteiger partial charge in [-0.3, -0.25) is 9.59 Å². The molecule has 0 bridgehead atoms. The van der Waals surface area contributed by atoms with Gasteiger partial charge >= 0.3 is 5.97 Å². The minimum atomic E-state index is -0.987. The molecule has 25 heavy (non-hydrogen) atoms. The zero-order valence-corrected chi connectivity index (χ0v) is 14.9. The Morgan fingerprint density at radius 1 is 1.24 bits per heavy atom. The van der Waals surface area contributed by atoms with Crippen LogP contribution < -0.4 is 5.32 Å². The zero-order chi connectivity index (χ0) is 18.4. The van der Waals surface area contributed by atoms with Gasteiger partial charge in [-0.15, -0.1) is 11.3 Å². The van der Waals surface area contributed by atoms with Crippen molar-refractivity contribution in [2.45, 2.75) is 13.3 Å². The Hall–Kier alpha value is -2.25. The van der Waals surface area contributed by atoms with Crippen LogP contribution >= 0.6 is 22.9 Å². The fourth-order valence-corrected chi connectivity index (χ4v) is 3.16. The standard InChI is InChI=1S/C17H15ClFNO4S/c1-10(21)20-8-7-11-5-6-15(25-11)14(22)9-24-17(23)16-12(18)3-2-4-13(16)19/h2-6H,7-9H2,1H3,(H,20,21). The smallest absolute Gasteiger partial charge is 0.343 e. The number of benzene rings is 1. The van der Waals surface area contributed by atoms with E-state index < -0.39 is 24.2 Å². The monoisotopic (exact) mass is 383 g/mol. The molecule has 0 spiro atoms. The number of hydrogen-bond acceptors (Lipinski definition) is 5. The van der Waals surface area contributed by atoms with Crippen molar-refractivity contribution in [2.75, 3.05) is 13.2 Å². The Morgan fingerprint density at radius 2 is 2.00 bits per heavy atom. The molecule has 0 unspecified atom stereocenters. The van der Waals surface area contributed by atoms with Gasteiger partial charge in [0.2, 0.25) is 11.7 Å². The van der Waals surface area contributed by atoms with Crippen molar-refractivity contribution < 1.29 is 23.5 Å². The molecule has 1 aromatic carbocycles. The van der Waals surface area contributed by atoms with Crippen LogP contribution in [0, 0.1) is 5.82 Å². The second-order valence-corrected chi connectivity index (χ2v) is 6.67. The van der Waals surface area contributed by atoms with Crippen LogP contribution in [0.5, 0.6) is 0 Å². The van der Waals surface area contributed by atoms with Crippen molar-refractivity contribution in [3.05, 3.63) is 56.5 Å². The third kappa shape index (κ3) is 5.37. The number of ether oxygens (including phenoxy) is 1. The largest absolute Gasteiger partial charge is 0.454 e. The van der Waals surface area contributed by atoms with Gasteiger partial charge in [0.25, 0.3) is 0 Å². The van der Waals surface area contributed by atoms with Crippen LogP contribution in [0.15, 0.2) is 30.3 Å². The van der Waals surface area contributed by atoms with E-state index >= 15 is 0 Å².